The fourth-order valence-corrected chi connectivity index (χ4v) is 2.46. The average molecular weight is 218 g/mol. The van der Waals surface area contributed by atoms with Crippen molar-refractivity contribution in [3.63, 3.8) is 0 Å². The van der Waals surface area contributed by atoms with Gasteiger partial charge in [-0.05, 0) is 50.9 Å². The highest BCUT2D eigenvalue weighted by Gasteiger charge is 2.16. The molecular weight excluding hydrogens is 196 g/mol. The number of rotatable bonds is 3. The molecule has 0 bridgehead atoms. The normalized spacial score (nSPS) is 17.1. The zero-order valence-corrected chi connectivity index (χ0v) is 10.6. The zero-order valence-electron chi connectivity index (χ0n) is 10.6. The van der Waals surface area contributed by atoms with Crippen molar-refractivity contribution in [2.45, 2.75) is 32.7 Å². The van der Waals surface area contributed by atoms with Crippen molar-refractivity contribution in [2.24, 2.45) is 0 Å². The topological polar surface area (TPSA) is 15.3 Å². The number of hydrogen-bond acceptors (Lipinski definition) is 2. The lowest BCUT2D eigenvalue weighted by Gasteiger charge is -2.31. The Labute approximate surface area is 98.7 Å². The number of nitrogens with zero attached hydrogens (tertiary/aromatic N) is 1. The van der Waals surface area contributed by atoms with E-state index in [0.29, 0.717) is 6.04 Å². The van der Waals surface area contributed by atoms with E-state index in [2.05, 4.69) is 42.3 Å². The number of aryl methyl sites for hydroxylation is 1. The molecular formula is C14H22N2. The van der Waals surface area contributed by atoms with E-state index < -0.39 is 0 Å². The van der Waals surface area contributed by atoms with Crippen LogP contribution in [0.5, 0.6) is 0 Å². The molecule has 1 aromatic carbocycles. The minimum absolute atomic E-state index is 0.447. The van der Waals surface area contributed by atoms with Gasteiger partial charge in [0.25, 0.3) is 0 Å². The molecule has 1 atom stereocenters. The summed E-state index contributed by atoms with van der Waals surface area (Å²) in [5, 5.41) is 3.30. The van der Waals surface area contributed by atoms with Gasteiger partial charge in [0.2, 0.25) is 0 Å². The number of hydrogen-bond donors (Lipinski definition) is 1. The van der Waals surface area contributed by atoms with Crippen LogP contribution in [0.2, 0.25) is 0 Å². The molecule has 16 heavy (non-hydrogen) atoms. The quantitative estimate of drug-likeness (QED) is 0.839. The smallest absolute Gasteiger partial charge is 0.0398 e. The van der Waals surface area contributed by atoms with Crippen molar-refractivity contribution in [2.75, 3.05) is 25.0 Å². The summed E-state index contributed by atoms with van der Waals surface area (Å²) < 4.78 is 0. The predicted molar refractivity (Wildman–Crippen MR) is 70.1 cm³/mol. The van der Waals surface area contributed by atoms with E-state index in [9.17, 15) is 0 Å². The van der Waals surface area contributed by atoms with Gasteiger partial charge in [-0.15, -0.1) is 0 Å². The first-order valence-corrected chi connectivity index (χ1v) is 6.31. The van der Waals surface area contributed by atoms with E-state index in [1.54, 1.807) is 0 Å². The van der Waals surface area contributed by atoms with Crippen LogP contribution in [0.1, 0.15) is 37.4 Å². The average Bonchev–Trinajstić information content (AvgIpc) is 2.36. The summed E-state index contributed by atoms with van der Waals surface area (Å²) in [6.45, 7) is 6.78. The maximum absolute atomic E-state index is 3.30. The van der Waals surface area contributed by atoms with Crippen LogP contribution in [0.25, 0.3) is 0 Å². The lowest BCUT2D eigenvalue weighted by molar-refractivity contribution is 0.647. The van der Waals surface area contributed by atoms with E-state index in [0.717, 1.165) is 6.54 Å². The van der Waals surface area contributed by atoms with Crippen molar-refractivity contribution in [1.29, 1.82) is 0 Å². The molecule has 0 aliphatic carbocycles. The second-order valence-corrected chi connectivity index (χ2v) is 4.58. The number of anilines is 1. The van der Waals surface area contributed by atoms with Gasteiger partial charge in [-0.1, -0.05) is 12.1 Å². The molecule has 1 N–H and O–H groups in total. The van der Waals surface area contributed by atoms with Crippen molar-refractivity contribution >= 4 is 5.69 Å². The van der Waals surface area contributed by atoms with Crippen LogP contribution in [0, 0.1) is 0 Å². The highest BCUT2D eigenvalue weighted by molar-refractivity contribution is 5.57. The molecule has 0 fully saturated rings. The first-order valence-electron chi connectivity index (χ1n) is 6.31. The molecule has 0 saturated carbocycles. The second kappa shape index (κ2) is 4.88. The van der Waals surface area contributed by atoms with E-state index in [-0.39, 0.29) is 0 Å². The van der Waals surface area contributed by atoms with Gasteiger partial charge in [-0.2, -0.15) is 0 Å². The van der Waals surface area contributed by atoms with Gasteiger partial charge < -0.3 is 10.2 Å². The Hall–Kier alpha value is -1.02. The number of fused-ring (bicyclic) bond motifs is 1. The van der Waals surface area contributed by atoms with Gasteiger partial charge in [0.05, 0.1) is 0 Å². The molecule has 1 aliphatic heterocycles. The van der Waals surface area contributed by atoms with Crippen molar-refractivity contribution < 1.29 is 0 Å². The molecule has 0 spiro atoms. The first kappa shape index (κ1) is 11.5. The van der Waals surface area contributed by atoms with Gasteiger partial charge in [-0.3, -0.25) is 0 Å². The highest BCUT2D eigenvalue weighted by atomic mass is 15.1. The Morgan fingerprint density at radius 3 is 2.94 bits per heavy atom. The van der Waals surface area contributed by atoms with Crippen LogP contribution >= 0.6 is 0 Å². The molecule has 1 unspecified atom stereocenters. The van der Waals surface area contributed by atoms with Gasteiger partial charge in [-0.25, -0.2) is 0 Å². The molecule has 2 heteroatoms. The summed E-state index contributed by atoms with van der Waals surface area (Å²) in [6, 6.07) is 7.37. The third kappa shape index (κ3) is 2.07. The minimum Gasteiger partial charge on any atom is -0.372 e. The van der Waals surface area contributed by atoms with Crippen molar-refractivity contribution in [1.82, 2.24) is 5.32 Å². The largest absolute Gasteiger partial charge is 0.372 e. The molecule has 0 radical (unpaired) electrons. The van der Waals surface area contributed by atoms with Crippen molar-refractivity contribution in [3.05, 3.63) is 29.3 Å². The van der Waals surface area contributed by atoms with E-state index in [1.165, 1.54) is 36.2 Å². The number of nitrogens with one attached hydrogen (secondary N) is 1. The van der Waals surface area contributed by atoms with Gasteiger partial charge in [0.1, 0.15) is 0 Å². The van der Waals surface area contributed by atoms with Crippen LogP contribution < -0.4 is 10.2 Å². The molecule has 2 rings (SSSR count). The van der Waals surface area contributed by atoms with Gasteiger partial charge in [0.15, 0.2) is 0 Å². The summed E-state index contributed by atoms with van der Waals surface area (Å²) in [7, 11) is 2.02. The van der Waals surface area contributed by atoms with Crippen LogP contribution in [-0.2, 0) is 6.42 Å². The monoisotopic (exact) mass is 218 g/mol. The standard InChI is InChI=1S/C14H22N2/c1-4-16-9-5-6-13-10-12(11(2)15-3)7-8-14(13)16/h7-8,10-11,15H,4-6,9H2,1-3H3. The Balaban J connectivity index is 2.31. The van der Waals surface area contributed by atoms with E-state index >= 15 is 0 Å². The Kier molecular flexibility index (Phi) is 3.49. The Morgan fingerprint density at radius 2 is 2.25 bits per heavy atom. The maximum atomic E-state index is 3.30. The summed E-state index contributed by atoms with van der Waals surface area (Å²) in [6.07, 6.45) is 2.52. The Morgan fingerprint density at radius 1 is 1.44 bits per heavy atom. The second-order valence-electron chi connectivity index (χ2n) is 4.58. The van der Waals surface area contributed by atoms with Crippen LogP contribution in [-0.4, -0.2) is 20.1 Å². The third-order valence-electron chi connectivity index (χ3n) is 3.63. The zero-order chi connectivity index (χ0) is 11.5. The van der Waals surface area contributed by atoms with Gasteiger partial charge in [0, 0.05) is 24.8 Å². The molecule has 0 amide bonds. The number of benzene rings is 1. The van der Waals surface area contributed by atoms with Crippen LogP contribution in [0.4, 0.5) is 5.69 Å². The van der Waals surface area contributed by atoms with Gasteiger partial charge >= 0.3 is 0 Å². The minimum atomic E-state index is 0.447. The molecule has 1 aliphatic rings. The SMILES string of the molecule is CCN1CCCc2cc(C(C)NC)ccc21. The lowest BCUT2D eigenvalue weighted by Crippen LogP contribution is -2.29. The lowest BCUT2D eigenvalue weighted by atomic mass is 9.97. The van der Waals surface area contributed by atoms with Crippen molar-refractivity contribution in [3.8, 4) is 0 Å². The molecule has 0 saturated heterocycles. The first-order chi connectivity index (χ1) is 7.76. The molecule has 1 heterocycles. The summed E-state index contributed by atoms with van der Waals surface area (Å²) in [5.74, 6) is 0. The highest BCUT2D eigenvalue weighted by Crippen LogP contribution is 2.29. The fourth-order valence-electron chi connectivity index (χ4n) is 2.46. The van der Waals surface area contributed by atoms with Crippen LogP contribution in [0.3, 0.4) is 0 Å². The van der Waals surface area contributed by atoms with E-state index in [1.807, 2.05) is 7.05 Å². The molecule has 1 aromatic rings. The third-order valence-corrected chi connectivity index (χ3v) is 3.63. The summed E-state index contributed by atoms with van der Waals surface area (Å²) in [4.78, 5) is 2.48. The predicted octanol–water partition coefficient (Wildman–Crippen LogP) is 2.74. The summed E-state index contributed by atoms with van der Waals surface area (Å²) in [5.41, 5.74) is 4.37. The maximum Gasteiger partial charge on any atom is 0.0398 e. The van der Waals surface area contributed by atoms with E-state index in [4.69, 9.17) is 0 Å². The Bertz CT molecular complexity index is 360. The molecule has 0 aromatic heterocycles. The molecule has 2 nitrogen and oxygen atoms in total. The molecule has 88 valence electrons. The van der Waals surface area contributed by atoms with Crippen LogP contribution in [0.15, 0.2) is 18.2 Å². The summed E-state index contributed by atoms with van der Waals surface area (Å²) >= 11 is 0. The fraction of sp³-hybridized carbons (Fsp3) is 0.571.